The van der Waals surface area contributed by atoms with E-state index in [1.54, 1.807) is 13.0 Å². The first-order chi connectivity index (χ1) is 9.52. The summed E-state index contributed by atoms with van der Waals surface area (Å²) in [5.41, 5.74) is 1.84. The summed E-state index contributed by atoms with van der Waals surface area (Å²) >= 11 is 0. The van der Waals surface area contributed by atoms with Gasteiger partial charge in [0, 0.05) is 17.7 Å². The van der Waals surface area contributed by atoms with E-state index < -0.39 is 9.84 Å². The third kappa shape index (κ3) is 3.82. The van der Waals surface area contributed by atoms with Crippen LogP contribution in [-0.2, 0) is 16.3 Å². The number of carbonyl (C=O) groups is 1. The number of ether oxygens (including phenoxy) is 1. The summed E-state index contributed by atoms with van der Waals surface area (Å²) in [4.78, 5) is 11.7. The molecule has 0 fully saturated rings. The van der Waals surface area contributed by atoms with Crippen LogP contribution in [0.1, 0.15) is 42.1 Å². The Bertz CT molecular complexity index is 590. The van der Waals surface area contributed by atoms with Crippen LogP contribution in [0.3, 0.4) is 0 Å². The van der Waals surface area contributed by atoms with Gasteiger partial charge in [-0.1, -0.05) is 6.92 Å². The van der Waals surface area contributed by atoms with Crippen molar-refractivity contribution in [3.63, 3.8) is 0 Å². The van der Waals surface area contributed by atoms with Gasteiger partial charge in [-0.3, -0.25) is 4.79 Å². The molecule has 2 rings (SSSR count). The molecular weight excluding hydrogens is 276 g/mol. The first-order valence-electron chi connectivity index (χ1n) is 7.01. The van der Waals surface area contributed by atoms with Crippen LogP contribution in [0.2, 0.25) is 0 Å². The average Bonchev–Trinajstić information content (AvgIpc) is 2.44. The molecule has 20 heavy (non-hydrogen) atoms. The molecule has 0 heterocycles. The molecule has 0 atom stereocenters. The molecule has 1 aliphatic carbocycles. The Hall–Kier alpha value is -1.36. The molecule has 0 saturated carbocycles. The van der Waals surface area contributed by atoms with Gasteiger partial charge < -0.3 is 4.74 Å². The molecule has 0 bridgehead atoms. The highest BCUT2D eigenvalue weighted by Crippen LogP contribution is 2.25. The first kappa shape index (κ1) is 15.0. The Labute approximate surface area is 120 Å². The number of benzene rings is 1. The molecule has 0 radical (unpaired) electrons. The van der Waals surface area contributed by atoms with Crippen LogP contribution in [0.25, 0.3) is 0 Å². The van der Waals surface area contributed by atoms with E-state index in [9.17, 15) is 13.2 Å². The van der Waals surface area contributed by atoms with Gasteiger partial charge in [-0.2, -0.15) is 0 Å². The zero-order valence-corrected chi connectivity index (χ0v) is 12.5. The number of ketones is 1. The molecule has 0 aromatic heterocycles. The van der Waals surface area contributed by atoms with Gasteiger partial charge in [0.15, 0.2) is 5.78 Å². The van der Waals surface area contributed by atoms with Crippen molar-refractivity contribution in [2.45, 2.75) is 32.6 Å². The first-order valence-corrected chi connectivity index (χ1v) is 8.83. The van der Waals surface area contributed by atoms with E-state index in [0.717, 1.165) is 24.0 Å². The fraction of sp³-hybridized carbons (Fsp3) is 0.533. The summed E-state index contributed by atoms with van der Waals surface area (Å²) < 4.78 is 28.3. The Kier molecular flexibility index (Phi) is 4.81. The van der Waals surface area contributed by atoms with Crippen LogP contribution in [0.15, 0.2) is 18.2 Å². The molecule has 0 aliphatic heterocycles. The highest BCUT2D eigenvalue weighted by molar-refractivity contribution is 7.91. The molecule has 110 valence electrons. The second kappa shape index (κ2) is 6.39. The van der Waals surface area contributed by atoms with Gasteiger partial charge in [-0.15, -0.1) is 0 Å². The number of carbonyl (C=O) groups excluding carboxylic acids is 1. The molecule has 0 spiro atoms. The summed E-state index contributed by atoms with van der Waals surface area (Å²) in [6, 6.07) is 5.51. The number of Topliss-reactive ketones (excluding diaryl/α,β-unsaturated/α-hetero) is 1. The maximum atomic E-state index is 11.7. The second-order valence-corrected chi connectivity index (χ2v) is 7.51. The molecule has 1 aliphatic rings. The van der Waals surface area contributed by atoms with Crippen molar-refractivity contribution in [2.24, 2.45) is 0 Å². The van der Waals surface area contributed by atoms with Gasteiger partial charge in [0.05, 0.1) is 12.4 Å². The van der Waals surface area contributed by atoms with Crippen molar-refractivity contribution in [3.8, 4) is 5.75 Å². The highest BCUT2D eigenvalue weighted by Gasteiger charge is 2.17. The smallest absolute Gasteiger partial charge is 0.163 e. The summed E-state index contributed by atoms with van der Waals surface area (Å²) in [6.07, 6.45) is 2.92. The molecule has 5 heteroatoms. The van der Waals surface area contributed by atoms with E-state index in [1.807, 2.05) is 12.1 Å². The second-order valence-electron chi connectivity index (χ2n) is 5.03. The normalized spacial score (nSPS) is 14.9. The lowest BCUT2D eigenvalue weighted by Crippen LogP contribution is -2.13. The van der Waals surface area contributed by atoms with Crippen LogP contribution >= 0.6 is 0 Å². The third-order valence-electron chi connectivity index (χ3n) is 3.54. The zero-order chi connectivity index (χ0) is 14.6. The average molecular weight is 296 g/mol. The van der Waals surface area contributed by atoms with Gasteiger partial charge >= 0.3 is 0 Å². The van der Waals surface area contributed by atoms with Crippen molar-refractivity contribution in [3.05, 3.63) is 29.3 Å². The summed E-state index contributed by atoms with van der Waals surface area (Å²) in [5.74, 6) is 1.25. The largest absolute Gasteiger partial charge is 0.494 e. The maximum Gasteiger partial charge on any atom is 0.163 e. The topological polar surface area (TPSA) is 60.4 Å². The molecule has 4 nitrogen and oxygen atoms in total. The Morgan fingerprint density at radius 3 is 2.80 bits per heavy atom. The fourth-order valence-corrected chi connectivity index (χ4v) is 3.17. The molecule has 0 amide bonds. The van der Waals surface area contributed by atoms with Crippen LogP contribution in [0.5, 0.6) is 5.75 Å². The maximum absolute atomic E-state index is 11.7. The number of sulfone groups is 1. The minimum atomic E-state index is -2.92. The monoisotopic (exact) mass is 296 g/mol. The van der Waals surface area contributed by atoms with Crippen molar-refractivity contribution in [1.29, 1.82) is 0 Å². The molecule has 0 saturated heterocycles. The Morgan fingerprint density at radius 1 is 1.25 bits per heavy atom. The predicted octanol–water partition coefficient (Wildman–Crippen LogP) is 2.41. The van der Waals surface area contributed by atoms with E-state index in [2.05, 4.69) is 0 Å². The van der Waals surface area contributed by atoms with E-state index >= 15 is 0 Å². The van der Waals surface area contributed by atoms with E-state index in [0.29, 0.717) is 25.2 Å². The SMILES string of the molecule is CCS(=O)(=O)CCCOc1ccc2c(c1)CCCC2=O. The van der Waals surface area contributed by atoms with Crippen molar-refractivity contribution < 1.29 is 17.9 Å². The number of rotatable bonds is 6. The van der Waals surface area contributed by atoms with Crippen LogP contribution in [0, 0.1) is 0 Å². The van der Waals surface area contributed by atoms with Gasteiger partial charge in [0.25, 0.3) is 0 Å². The quantitative estimate of drug-likeness (QED) is 0.756. The van der Waals surface area contributed by atoms with Crippen molar-refractivity contribution in [1.82, 2.24) is 0 Å². The number of aryl methyl sites for hydroxylation is 1. The lowest BCUT2D eigenvalue weighted by molar-refractivity contribution is 0.0972. The fourth-order valence-electron chi connectivity index (χ4n) is 2.33. The lowest BCUT2D eigenvalue weighted by Gasteiger charge is -2.16. The number of hydrogen-bond donors (Lipinski definition) is 0. The van der Waals surface area contributed by atoms with E-state index in [4.69, 9.17) is 4.74 Å². The standard InChI is InChI=1S/C15H20O4S/c1-2-20(17,18)10-4-9-19-13-7-8-14-12(11-13)5-3-6-15(14)16/h7-8,11H,2-6,9-10H2,1H3. The Morgan fingerprint density at radius 2 is 2.05 bits per heavy atom. The minimum Gasteiger partial charge on any atom is -0.494 e. The molecular formula is C15H20O4S. The van der Waals surface area contributed by atoms with Crippen LogP contribution in [0.4, 0.5) is 0 Å². The predicted molar refractivity (Wildman–Crippen MR) is 78.2 cm³/mol. The highest BCUT2D eigenvalue weighted by atomic mass is 32.2. The summed E-state index contributed by atoms with van der Waals surface area (Å²) in [5, 5.41) is 0. The number of hydrogen-bond acceptors (Lipinski definition) is 4. The van der Waals surface area contributed by atoms with Crippen LogP contribution in [-0.4, -0.2) is 32.3 Å². The lowest BCUT2D eigenvalue weighted by atomic mass is 9.91. The van der Waals surface area contributed by atoms with Gasteiger partial charge in [0.2, 0.25) is 0 Å². The van der Waals surface area contributed by atoms with E-state index in [1.165, 1.54) is 0 Å². The van der Waals surface area contributed by atoms with Gasteiger partial charge in [-0.25, -0.2) is 8.42 Å². The van der Waals surface area contributed by atoms with E-state index in [-0.39, 0.29) is 17.3 Å². The zero-order valence-electron chi connectivity index (χ0n) is 11.7. The third-order valence-corrected chi connectivity index (χ3v) is 5.33. The number of fused-ring (bicyclic) bond motifs is 1. The van der Waals surface area contributed by atoms with Gasteiger partial charge in [0.1, 0.15) is 15.6 Å². The Balaban J connectivity index is 1.90. The minimum absolute atomic E-state index is 0.160. The molecule has 1 aromatic rings. The molecule has 1 aromatic carbocycles. The van der Waals surface area contributed by atoms with Crippen LogP contribution < -0.4 is 4.74 Å². The van der Waals surface area contributed by atoms with Crippen molar-refractivity contribution >= 4 is 15.6 Å². The summed E-state index contributed by atoms with van der Waals surface area (Å²) in [7, 11) is -2.92. The molecule has 0 unspecified atom stereocenters. The van der Waals surface area contributed by atoms with Gasteiger partial charge in [-0.05, 0) is 43.0 Å². The van der Waals surface area contributed by atoms with Crippen molar-refractivity contribution in [2.75, 3.05) is 18.1 Å². The summed E-state index contributed by atoms with van der Waals surface area (Å²) in [6.45, 7) is 2.03. The molecule has 0 N–H and O–H groups in total.